The Balaban J connectivity index is 2.43. The first-order chi connectivity index (χ1) is 7.88. The monoisotopic (exact) mass is 249 g/mol. The maximum atomic E-state index is 12.8. The third-order valence-corrected chi connectivity index (χ3v) is 2.35. The molecule has 3 nitrogen and oxygen atoms in total. The molecule has 1 fully saturated rings. The van der Waals surface area contributed by atoms with Gasteiger partial charge in [-0.3, -0.25) is 0 Å². The molecule has 1 aromatic rings. The van der Waals surface area contributed by atoms with Gasteiger partial charge in [0.2, 0.25) is 0 Å². The minimum Gasteiger partial charge on any atom is -0.439 e. The molecule has 0 bridgehead atoms. The van der Waals surface area contributed by atoms with Gasteiger partial charge in [-0.2, -0.15) is 13.2 Å². The molecule has 0 radical (unpaired) electrons. The Labute approximate surface area is 93.4 Å². The summed E-state index contributed by atoms with van der Waals surface area (Å²) in [7, 11) is 0. The summed E-state index contributed by atoms with van der Waals surface area (Å²) in [5.41, 5.74) is -1.38. The summed E-state index contributed by atoms with van der Waals surface area (Å²) in [6.07, 6.45) is -6.51. The molecule has 1 aromatic carbocycles. The molecule has 1 atom stereocenters. The van der Waals surface area contributed by atoms with Gasteiger partial charge >= 0.3 is 12.3 Å². The lowest BCUT2D eigenvalue weighted by atomic mass is 10.0. The van der Waals surface area contributed by atoms with E-state index in [-0.39, 0.29) is 12.1 Å². The Morgan fingerprint density at radius 2 is 2.06 bits per heavy atom. The van der Waals surface area contributed by atoms with Crippen molar-refractivity contribution < 1.29 is 27.1 Å². The quantitative estimate of drug-likeness (QED) is 0.777. The molecule has 0 aromatic heterocycles. The summed E-state index contributed by atoms with van der Waals surface area (Å²) in [5.74, 6) is -0.988. The number of nitrogens with one attached hydrogen (secondary N) is 1. The smallest absolute Gasteiger partial charge is 0.416 e. The van der Waals surface area contributed by atoms with Crippen LogP contribution >= 0.6 is 0 Å². The molecule has 1 N–H and O–H groups in total. The van der Waals surface area contributed by atoms with Crippen LogP contribution in [0, 0.1) is 5.82 Å². The highest BCUT2D eigenvalue weighted by Gasteiger charge is 2.38. The first-order valence-electron chi connectivity index (χ1n) is 4.69. The van der Waals surface area contributed by atoms with Crippen molar-refractivity contribution >= 4 is 6.09 Å². The second kappa shape index (κ2) is 3.90. The van der Waals surface area contributed by atoms with Crippen molar-refractivity contribution in [3.8, 4) is 0 Å². The second-order valence-corrected chi connectivity index (χ2v) is 3.50. The van der Waals surface area contributed by atoms with E-state index in [0.29, 0.717) is 6.07 Å². The average molecular weight is 249 g/mol. The molecule has 1 heterocycles. The van der Waals surface area contributed by atoms with Crippen LogP contribution in [0.2, 0.25) is 0 Å². The average Bonchev–Trinajstić information content (AvgIpc) is 2.63. The fraction of sp³-hybridized carbons (Fsp3) is 0.300. The van der Waals surface area contributed by atoms with Crippen LogP contribution in [0.4, 0.5) is 22.4 Å². The number of ether oxygens (including phenoxy) is 1. The van der Waals surface area contributed by atoms with E-state index in [1.54, 1.807) is 0 Å². The predicted octanol–water partition coefficient (Wildman–Crippen LogP) is 2.63. The summed E-state index contributed by atoms with van der Waals surface area (Å²) in [6.45, 7) is -0.0620. The van der Waals surface area contributed by atoms with Gasteiger partial charge < -0.3 is 10.1 Å². The lowest BCUT2D eigenvalue weighted by molar-refractivity contribution is -0.139. The number of halogens is 4. The normalized spacial score (nSPS) is 20.0. The molecule has 0 saturated carbocycles. The van der Waals surface area contributed by atoms with Crippen molar-refractivity contribution in [2.75, 3.05) is 6.54 Å². The fourth-order valence-electron chi connectivity index (χ4n) is 1.62. The first-order valence-corrected chi connectivity index (χ1v) is 4.69. The van der Waals surface area contributed by atoms with E-state index in [2.05, 4.69) is 10.1 Å². The van der Waals surface area contributed by atoms with Crippen LogP contribution in [-0.4, -0.2) is 12.6 Å². The minimum absolute atomic E-state index is 0.0620. The Bertz CT molecular complexity index is 458. The third kappa shape index (κ3) is 2.32. The topological polar surface area (TPSA) is 38.3 Å². The number of rotatable bonds is 1. The number of alkyl carbamates (subject to hydrolysis) is 1. The van der Waals surface area contributed by atoms with Gasteiger partial charge in [-0.25, -0.2) is 9.18 Å². The van der Waals surface area contributed by atoms with Gasteiger partial charge in [-0.05, 0) is 12.1 Å². The van der Waals surface area contributed by atoms with Gasteiger partial charge in [-0.1, -0.05) is 6.07 Å². The molecule has 17 heavy (non-hydrogen) atoms. The molecule has 1 aliphatic heterocycles. The summed E-state index contributed by atoms with van der Waals surface area (Å²) >= 11 is 0. The standard InChI is InChI=1S/C10H7F4NO2/c11-5-1-2-6(7(3-5)10(12,13)14)8-4-15-9(16)17-8/h1-3,8H,4H2,(H,15,16). The maximum absolute atomic E-state index is 12.8. The van der Waals surface area contributed by atoms with E-state index in [9.17, 15) is 22.4 Å². The first kappa shape index (κ1) is 11.7. The molecule has 1 saturated heterocycles. The van der Waals surface area contributed by atoms with Crippen LogP contribution in [0.1, 0.15) is 17.2 Å². The van der Waals surface area contributed by atoms with Gasteiger partial charge in [0.15, 0.2) is 0 Å². The number of cyclic esters (lactones) is 1. The molecule has 1 unspecified atom stereocenters. The van der Waals surface area contributed by atoms with E-state index in [4.69, 9.17) is 0 Å². The summed E-state index contributed by atoms with van der Waals surface area (Å²) in [4.78, 5) is 10.8. The number of benzene rings is 1. The van der Waals surface area contributed by atoms with Gasteiger partial charge in [0.05, 0.1) is 12.1 Å². The fourth-order valence-corrected chi connectivity index (χ4v) is 1.62. The van der Waals surface area contributed by atoms with Crippen LogP contribution in [-0.2, 0) is 10.9 Å². The summed E-state index contributed by atoms with van der Waals surface area (Å²) < 4.78 is 55.4. The molecule has 0 aliphatic carbocycles. The highest BCUT2D eigenvalue weighted by molar-refractivity contribution is 5.69. The van der Waals surface area contributed by atoms with Crippen LogP contribution in [0.3, 0.4) is 0 Å². The Morgan fingerprint density at radius 3 is 2.59 bits per heavy atom. The molecule has 7 heteroatoms. The van der Waals surface area contributed by atoms with Crippen LogP contribution in [0.15, 0.2) is 18.2 Å². The van der Waals surface area contributed by atoms with Gasteiger partial charge in [0, 0.05) is 5.56 Å². The third-order valence-electron chi connectivity index (χ3n) is 2.35. The van der Waals surface area contributed by atoms with E-state index in [1.807, 2.05) is 0 Å². The van der Waals surface area contributed by atoms with Crippen molar-refractivity contribution in [3.63, 3.8) is 0 Å². The van der Waals surface area contributed by atoms with Crippen molar-refractivity contribution in [1.82, 2.24) is 5.32 Å². The maximum Gasteiger partial charge on any atom is 0.416 e. The number of carbonyl (C=O) groups excluding carboxylic acids is 1. The summed E-state index contributed by atoms with van der Waals surface area (Å²) in [6, 6.07) is 2.27. The van der Waals surface area contributed by atoms with Crippen molar-refractivity contribution in [3.05, 3.63) is 35.1 Å². The second-order valence-electron chi connectivity index (χ2n) is 3.50. The van der Waals surface area contributed by atoms with Crippen molar-refractivity contribution in [2.24, 2.45) is 0 Å². The molecule has 2 rings (SSSR count). The van der Waals surface area contributed by atoms with Crippen molar-refractivity contribution in [2.45, 2.75) is 12.3 Å². The van der Waals surface area contributed by atoms with Gasteiger partial charge in [-0.15, -0.1) is 0 Å². The zero-order valence-electron chi connectivity index (χ0n) is 8.34. The largest absolute Gasteiger partial charge is 0.439 e. The molecule has 92 valence electrons. The zero-order chi connectivity index (χ0) is 12.6. The lowest BCUT2D eigenvalue weighted by Gasteiger charge is -2.16. The highest BCUT2D eigenvalue weighted by Crippen LogP contribution is 2.36. The highest BCUT2D eigenvalue weighted by atomic mass is 19.4. The van der Waals surface area contributed by atoms with E-state index in [1.165, 1.54) is 0 Å². The number of carbonyl (C=O) groups is 1. The molecule has 0 spiro atoms. The minimum atomic E-state index is -4.69. The van der Waals surface area contributed by atoms with E-state index < -0.39 is 29.8 Å². The number of hydrogen-bond acceptors (Lipinski definition) is 2. The van der Waals surface area contributed by atoms with Gasteiger partial charge in [0.25, 0.3) is 0 Å². The Hall–Kier alpha value is -1.79. The molecule has 1 amide bonds. The molecular weight excluding hydrogens is 242 g/mol. The number of alkyl halides is 3. The number of amides is 1. The van der Waals surface area contributed by atoms with Crippen LogP contribution in [0.5, 0.6) is 0 Å². The molecule has 1 aliphatic rings. The Kier molecular flexibility index (Phi) is 2.68. The SMILES string of the molecule is O=C1NCC(c2ccc(F)cc2C(F)(F)F)O1. The van der Waals surface area contributed by atoms with Crippen LogP contribution < -0.4 is 5.32 Å². The van der Waals surface area contributed by atoms with Crippen LogP contribution in [0.25, 0.3) is 0 Å². The molecular formula is C10H7F4NO2. The number of hydrogen-bond donors (Lipinski definition) is 1. The predicted molar refractivity (Wildman–Crippen MR) is 48.6 cm³/mol. The Morgan fingerprint density at radius 1 is 1.35 bits per heavy atom. The van der Waals surface area contributed by atoms with Gasteiger partial charge in [0.1, 0.15) is 11.9 Å². The van der Waals surface area contributed by atoms with E-state index in [0.717, 1.165) is 12.1 Å². The van der Waals surface area contributed by atoms with E-state index >= 15 is 0 Å². The van der Waals surface area contributed by atoms with Crippen molar-refractivity contribution in [1.29, 1.82) is 0 Å². The summed E-state index contributed by atoms with van der Waals surface area (Å²) in [5, 5.41) is 2.24. The zero-order valence-corrected chi connectivity index (χ0v) is 8.34. The lowest BCUT2D eigenvalue weighted by Crippen LogP contribution is -2.15.